The minimum Gasteiger partial charge on any atom is -0.371 e. The molecule has 0 radical (unpaired) electrons. The first-order valence-corrected chi connectivity index (χ1v) is 8.57. The zero-order valence-corrected chi connectivity index (χ0v) is 14.0. The maximum absolute atomic E-state index is 14.2. The minimum atomic E-state index is -2.98. The van der Waals surface area contributed by atoms with Crippen LogP contribution in [0.1, 0.15) is 24.8 Å². The molecule has 0 amide bonds. The summed E-state index contributed by atoms with van der Waals surface area (Å²) in [4.78, 5) is 8.35. The lowest BCUT2D eigenvalue weighted by atomic mass is 10.1. The van der Waals surface area contributed by atoms with Gasteiger partial charge in [0.25, 0.3) is 5.92 Å². The van der Waals surface area contributed by atoms with Crippen LogP contribution in [0.4, 0.5) is 14.6 Å². The Morgan fingerprint density at radius 3 is 2.88 bits per heavy atom. The number of alkyl halides is 2. The van der Waals surface area contributed by atoms with Crippen LogP contribution in [-0.2, 0) is 10.7 Å². The van der Waals surface area contributed by atoms with Crippen LogP contribution >= 0.6 is 0 Å². The van der Waals surface area contributed by atoms with Gasteiger partial charge in [-0.3, -0.25) is 5.10 Å². The quantitative estimate of drug-likeness (QED) is 0.705. The van der Waals surface area contributed by atoms with Gasteiger partial charge in [-0.25, -0.2) is 9.97 Å². The highest BCUT2D eigenvalue weighted by molar-refractivity contribution is 5.85. The van der Waals surface area contributed by atoms with E-state index in [1.807, 2.05) is 0 Å². The second-order valence-corrected chi connectivity index (χ2v) is 6.51. The molecule has 1 fully saturated rings. The molecule has 3 aromatic rings. The molecule has 0 saturated heterocycles. The highest BCUT2D eigenvalue weighted by Crippen LogP contribution is 2.32. The van der Waals surface area contributed by atoms with Crippen LogP contribution in [0.25, 0.3) is 11.0 Å². The van der Waals surface area contributed by atoms with Crippen LogP contribution in [0.3, 0.4) is 0 Å². The normalized spacial score (nSPS) is 20.5. The van der Waals surface area contributed by atoms with E-state index >= 15 is 0 Å². The van der Waals surface area contributed by atoms with E-state index in [0.29, 0.717) is 17.9 Å². The summed E-state index contributed by atoms with van der Waals surface area (Å²) < 4.78 is 34.0. The maximum atomic E-state index is 14.2. The van der Waals surface area contributed by atoms with Crippen molar-refractivity contribution in [3.63, 3.8) is 0 Å². The lowest BCUT2D eigenvalue weighted by molar-refractivity contribution is -0.103. The molecule has 2 N–H and O–H groups in total. The van der Waals surface area contributed by atoms with E-state index in [0.717, 1.165) is 18.2 Å². The van der Waals surface area contributed by atoms with Crippen LogP contribution in [0, 0.1) is 0 Å². The molecule has 0 unspecified atom stereocenters. The monoisotopic (exact) mass is 359 g/mol. The highest BCUT2D eigenvalue weighted by Gasteiger charge is 2.34. The van der Waals surface area contributed by atoms with Crippen molar-refractivity contribution >= 4 is 16.9 Å². The lowest BCUT2D eigenvalue weighted by Crippen LogP contribution is -2.25. The van der Waals surface area contributed by atoms with Crippen molar-refractivity contribution in [1.82, 2.24) is 20.2 Å². The standard InChI is InChI=1S/C18H19F2N5O/c19-18(20,12-4-2-1-3-5-12)10-26-14-7-6-13(8-14)24-16-15-9-23-25-17(15)22-11-21-16/h1-5,9,11,13-14H,6-8,10H2,(H2,21,22,23,24,25)/t13-,14-/m1/s1. The molecule has 1 aliphatic rings. The van der Waals surface area contributed by atoms with E-state index in [1.54, 1.807) is 24.4 Å². The molecule has 136 valence electrons. The molecule has 2 atom stereocenters. The average molecular weight is 359 g/mol. The summed E-state index contributed by atoms with van der Waals surface area (Å²) in [6.07, 6.45) is 5.18. The van der Waals surface area contributed by atoms with Gasteiger partial charge in [0.1, 0.15) is 18.8 Å². The first-order valence-electron chi connectivity index (χ1n) is 8.57. The van der Waals surface area contributed by atoms with E-state index in [9.17, 15) is 8.78 Å². The summed E-state index contributed by atoms with van der Waals surface area (Å²) in [6, 6.07) is 7.91. The molecule has 1 aromatic carbocycles. The van der Waals surface area contributed by atoms with Gasteiger partial charge in [0.2, 0.25) is 0 Å². The molecule has 0 aliphatic heterocycles. The van der Waals surface area contributed by atoms with Gasteiger partial charge < -0.3 is 10.1 Å². The smallest absolute Gasteiger partial charge is 0.296 e. The molecule has 4 rings (SSSR count). The Balaban J connectivity index is 1.33. The number of hydrogen-bond donors (Lipinski definition) is 2. The molecule has 8 heteroatoms. The van der Waals surface area contributed by atoms with Gasteiger partial charge in [0, 0.05) is 11.6 Å². The largest absolute Gasteiger partial charge is 0.371 e. The van der Waals surface area contributed by atoms with E-state index in [1.165, 1.54) is 18.5 Å². The van der Waals surface area contributed by atoms with Gasteiger partial charge in [-0.1, -0.05) is 30.3 Å². The van der Waals surface area contributed by atoms with Crippen LogP contribution in [0.15, 0.2) is 42.9 Å². The Hall–Kier alpha value is -2.61. The van der Waals surface area contributed by atoms with E-state index in [4.69, 9.17) is 4.74 Å². The summed E-state index contributed by atoms with van der Waals surface area (Å²) >= 11 is 0. The molecule has 2 aromatic heterocycles. The Bertz CT molecular complexity index is 870. The van der Waals surface area contributed by atoms with Crippen LogP contribution in [0.5, 0.6) is 0 Å². The summed E-state index contributed by atoms with van der Waals surface area (Å²) in [6.45, 7) is -0.603. The summed E-state index contributed by atoms with van der Waals surface area (Å²) in [5.74, 6) is -2.29. The number of aromatic amines is 1. The first-order chi connectivity index (χ1) is 12.6. The summed E-state index contributed by atoms with van der Waals surface area (Å²) in [5, 5.41) is 10.9. The number of anilines is 1. The van der Waals surface area contributed by atoms with Gasteiger partial charge in [0.05, 0.1) is 17.7 Å². The van der Waals surface area contributed by atoms with Gasteiger partial charge in [0.15, 0.2) is 5.65 Å². The lowest BCUT2D eigenvalue weighted by Gasteiger charge is -2.20. The molecule has 0 spiro atoms. The fourth-order valence-electron chi connectivity index (χ4n) is 3.28. The van der Waals surface area contributed by atoms with Crippen molar-refractivity contribution in [2.24, 2.45) is 0 Å². The highest BCUT2D eigenvalue weighted by atomic mass is 19.3. The van der Waals surface area contributed by atoms with Crippen molar-refractivity contribution in [3.8, 4) is 0 Å². The molecular weight excluding hydrogens is 340 g/mol. The zero-order valence-electron chi connectivity index (χ0n) is 14.0. The van der Waals surface area contributed by atoms with Gasteiger partial charge in [-0.2, -0.15) is 13.9 Å². The van der Waals surface area contributed by atoms with Gasteiger partial charge in [-0.05, 0) is 19.3 Å². The number of nitrogens with one attached hydrogen (secondary N) is 2. The number of aromatic nitrogens is 4. The van der Waals surface area contributed by atoms with Crippen LogP contribution < -0.4 is 5.32 Å². The SMILES string of the molecule is FC(F)(CO[C@@H]1CC[C@@H](Nc2ncnc3[nH]ncc23)C1)c1ccccc1. The molecule has 0 bridgehead atoms. The van der Waals surface area contributed by atoms with E-state index in [-0.39, 0.29) is 17.7 Å². The van der Waals surface area contributed by atoms with Crippen molar-refractivity contribution in [3.05, 3.63) is 48.4 Å². The Labute approximate surface area is 149 Å². The van der Waals surface area contributed by atoms with Crippen LogP contribution in [0.2, 0.25) is 0 Å². The second kappa shape index (κ2) is 6.95. The van der Waals surface area contributed by atoms with Crippen molar-refractivity contribution in [1.29, 1.82) is 0 Å². The second-order valence-electron chi connectivity index (χ2n) is 6.51. The molecule has 2 heterocycles. The summed E-state index contributed by atoms with van der Waals surface area (Å²) in [7, 11) is 0. The zero-order chi connectivity index (χ0) is 18.0. The Morgan fingerprint density at radius 2 is 2.04 bits per heavy atom. The maximum Gasteiger partial charge on any atom is 0.296 e. The first kappa shape index (κ1) is 16.8. The summed E-state index contributed by atoms with van der Waals surface area (Å²) in [5.41, 5.74) is 0.645. The van der Waals surface area contributed by atoms with Crippen molar-refractivity contribution < 1.29 is 13.5 Å². The number of rotatable bonds is 6. The average Bonchev–Trinajstić information content (AvgIpc) is 3.31. The molecular formula is C18H19F2N5O. The van der Waals surface area contributed by atoms with Gasteiger partial charge in [-0.15, -0.1) is 0 Å². The van der Waals surface area contributed by atoms with Crippen LogP contribution in [-0.4, -0.2) is 38.9 Å². The molecule has 26 heavy (non-hydrogen) atoms. The fraction of sp³-hybridized carbons (Fsp3) is 0.389. The van der Waals surface area contributed by atoms with E-state index in [2.05, 4.69) is 25.5 Å². The van der Waals surface area contributed by atoms with Crippen molar-refractivity contribution in [2.75, 3.05) is 11.9 Å². The number of halogens is 2. The minimum absolute atomic E-state index is 0.0176. The van der Waals surface area contributed by atoms with Crippen molar-refractivity contribution in [2.45, 2.75) is 37.3 Å². The number of nitrogens with zero attached hydrogens (tertiary/aromatic N) is 3. The number of benzene rings is 1. The van der Waals surface area contributed by atoms with Gasteiger partial charge >= 0.3 is 0 Å². The predicted octanol–water partition coefficient (Wildman–Crippen LogP) is 3.49. The Morgan fingerprint density at radius 1 is 1.19 bits per heavy atom. The third-order valence-corrected chi connectivity index (χ3v) is 4.67. The molecule has 1 aliphatic carbocycles. The van der Waals surface area contributed by atoms with E-state index < -0.39 is 12.5 Å². The number of ether oxygens (including phenoxy) is 1. The predicted molar refractivity (Wildman–Crippen MR) is 93.0 cm³/mol. The Kier molecular flexibility index (Phi) is 4.50. The number of H-pyrrole nitrogens is 1. The third kappa shape index (κ3) is 3.50. The molecule has 1 saturated carbocycles. The molecule has 6 nitrogen and oxygen atoms in total. The number of fused-ring (bicyclic) bond motifs is 1. The topological polar surface area (TPSA) is 75.7 Å². The number of hydrogen-bond acceptors (Lipinski definition) is 5. The third-order valence-electron chi connectivity index (χ3n) is 4.67. The fourth-order valence-corrected chi connectivity index (χ4v) is 3.28.